The first-order valence-corrected chi connectivity index (χ1v) is 20.7. The van der Waals surface area contributed by atoms with E-state index < -0.39 is 42.3 Å². The number of fused-ring (bicyclic) bond motifs is 5. The fourth-order valence-electron chi connectivity index (χ4n) is 8.03. The number of carbonyl (C=O) groups is 4. The summed E-state index contributed by atoms with van der Waals surface area (Å²) in [5, 5.41) is 22.2. The number of nitrogens with zero attached hydrogens (tertiary/aromatic N) is 1. The van der Waals surface area contributed by atoms with Crippen LogP contribution >= 0.6 is 0 Å². The molecular weight excluding hydrogens is 811 g/mol. The number of carbonyl (C=O) groups excluding carboxylic acids is 4. The molecule has 9 rings (SSSR count). The van der Waals surface area contributed by atoms with E-state index in [1.54, 1.807) is 30.6 Å². The first-order valence-electron chi connectivity index (χ1n) is 20.7. The number of aromatic amines is 3. The highest BCUT2D eigenvalue weighted by Crippen LogP contribution is 2.36. The number of rotatable bonds is 15. The van der Waals surface area contributed by atoms with Crippen LogP contribution in [0.3, 0.4) is 0 Å². The number of pyridine rings is 1. The highest BCUT2D eigenvalue weighted by molar-refractivity contribution is 6.13. The molecule has 0 aliphatic heterocycles. The Morgan fingerprint density at radius 3 is 1.95 bits per heavy atom. The van der Waals surface area contributed by atoms with E-state index in [2.05, 4.69) is 30.9 Å². The Bertz CT molecular complexity index is 3190. The average molecular weight is 854 g/mol. The number of esters is 1. The van der Waals surface area contributed by atoms with Crippen molar-refractivity contribution in [2.45, 2.75) is 31.5 Å². The highest BCUT2D eigenvalue weighted by atomic mass is 16.5. The van der Waals surface area contributed by atoms with Gasteiger partial charge in [0.05, 0.1) is 18.3 Å². The number of methoxy groups -OCH3 is 1. The molecule has 0 aliphatic rings. The topological polar surface area (TPSA) is 203 Å². The minimum Gasteiger partial charge on any atom is -0.504 e. The number of amides is 3. The van der Waals surface area contributed by atoms with E-state index in [4.69, 9.17) is 14.5 Å². The summed E-state index contributed by atoms with van der Waals surface area (Å²) >= 11 is 0. The zero-order chi connectivity index (χ0) is 44.2. The number of phenolic OH excluding ortho intramolecular Hbond substituents is 1. The molecule has 0 fully saturated rings. The third-order valence-electron chi connectivity index (χ3n) is 11.3. The molecule has 4 heterocycles. The van der Waals surface area contributed by atoms with Crippen LogP contribution in [0.1, 0.15) is 27.2 Å². The lowest BCUT2D eigenvalue weighted by Gasteiger charge is -2.23. The number of H-pyrrole nitrogens is 3. The van der Waals surface area contributed by atoms with Gasteiger partial charge in [0.15, 0.2) is 11.5 Å². The van der Waals surface area contributed by atoms with Crippen LogP contribution in [0.2, 0.25) is 0 Å². The van der Waals surface area contributed by atoms with Gasteiger partial charge in [0.1, 0.15) is 30.9 Å². The molecular formula is C50H43N7O7. The molecule has 14 heteroatoms. The van der Waals surface area contributed by atoms with Gasteiger partial charge >= 0.3 is 5.97 Å². The quantitative estimate of drug-likeness (QED) is 0.0535. The zero-order valence-electron chi connectivity index (χ0n) is 34.6. The van der Waals surface area contributed by atoms with Crippen molar-refractivity contribution in [3.05, 3.63) is 162 Å². The van der Waals surface area contributed by atoms with Gasteiger partial charge in [-0.25, -0.2) is 4.98 Å². The first-order chi connectivity index (χ1) is 31.2. The van der Waals surface area contributed by atoms with Crippen LogP contribution in [0.4, 0.5) is 0 Å². The normalized spacial score (nSPS) is 12.3. The molecule has 0 unspecified atom stereocenters. The van der Waals surface area contributed by atoms with Crippen molar-refractivity contribution in [1.82, 2.24) is 35.9 Å². The van der Waals surface area contributed by atoms with Crippen LogP contribution < -0.4 is 20.7 Å². The predicted octanol–water partition coefficient (Wildman–Crippen LogP) is 6.99. The molecule has 64 heavy (non-hydrogen) atoms. The molecule has 0 aliphatic carbocycles. The molecule has 3 amide bonds. The Labute approximate surface area is 366 Å². The number of phenols is 1. The summed E-state index contributed by atoms with van der Waals surface area (Å²) in [5.41, 5.74) is 6.51. The van der Waals surface area contributed by atoms with Crippen molar-refractivity contribution in [1.29, 1.82) is 0 Å². The summed E-state index contributed by atoms with van der Waals surface area (Å²) in [6.45, 7) is -0.397. The van der Waals surface area contributed by atoms with Crippen LogP contribution in [0.25, 0.3) is 54.9 Å². The summed E-state index contributed by atoms with van der Waals surface area (Å²) in [5.74, 6) is -2.38. The molecule has 320 valence electrons. The summed E-state index contributed by atoms with van der Waals surface area (Å²) in [6.07, 6.45) is 3.68. The molecule has 5 aromatic carbocycles. The minimum atomic E-state index is -1.21. The Morgan fingerprint density at radius 1 is 0.672 bits per heavy atom. The highest BCUT2D eigenvalue weighted by Gasteiger charge is 2.30. The summed E-state index contributed by atoms with van der Waals surface area (Å²) in [6, 6.07) is 36.2. The van der Waals surface area contributed by atoms with Crippen LogP contribution in [-0.2, 0) is 38.6 Å². The largest absolute Gasteiger partial charge is 0.504 e. The number of aromatic hydroxyl groups is 1. The van der Waals surface area contributed by atoms with Crippen molar-refractivity contribution in [3.8, 4) is 22.8 Å². The summed E-state index contributed by atoms with van der Waals surface area (Å²) in [4.78, 5) is 70.9. The summed E-state index contributed by atoms with van der Waals surface area (Å²) in [7, 11) is 1.45. The fraction of sp³-hybridized carbons (Fsp3) is 0.140. The molecule has 7 N–H and O–H groups in total. The maximum Gasteiger partial charge on any atom is 0.325 e. The number of para-hydroxylation sites is 3. The van der Waals surface area contributed by atoms with E-state index in [0.29, 0.717) is 22.2 Å². The number of nitrogens with one attached hydrogen (secondary N) is 6. The Morgan fingerprint density at radius 2 is 1.28 bits per heavy atom. The van der Waals surface area contributed by atoms with Gasteiger partial charge in [0.2, 0.25) is 11.8 Å². The second-order valence-corrected chi connectivity index (χ2v) is 15.4. The van der Waals surface area contributed by atoms with Gasteiger partial charge in [0.25, 0.3) is 5.91 Å². The number of ether oxygens (including phenoxy) is 2. The van der Waals surface area contributed by atoms with Crippen molar-refractivity contribution in [2.75, 3.05) is 13.7 Å². The van der Waals surface area contributed by atoms with E-state index in [1.807, 2.05) is 103 Å². The predicted molar refractivity (Wildman–Crippen MR) is 244 cm³/mol. The Hall–Kier alpha value is -8.39. The third kappa shape index (κ3) is 8.57. The molecule has 0 saturated carbocycles. The van der Waals surface area contributed by atoms with E-state index >= 15 is 0 Å². The van der Waals surface area contributed by atoms with Crippen molar-refractivity contribution in [2.24, 2.45) is 0 Å². The molecule has 14 nitrogen and oxygen atoms in total. The lowest BCUT2D eigenvalue weighted by molar-refractivity contribution is -0.145. The van der Waals surface area contributed by atoms with Gasteiger partial charge in [-0.05, 0) is 59.2 Å². The van der Waals surface area contributed by atoms with Crippen LogP contribution in [-0.4, -0.2) is 74.5 Å². The monoisotopic (exact) mass is 853 g/mol. The second kappa shape index (κ2) is 17.9. The average Bonchev–Trinajstić information content (AvgIpc) is 4.05. The van der Waals surface area contributed by atoms with E-state index in [9.17, 15) is 24.3 Å². The lowest BCUT2D eigenvalue weighted by atomic mass is 10.0. The number of hydrogen-bond acceptors (Lipinski definition) is 8. The molecule has 0 saturated heterocycles. The standard InChI is InChI=1S/C50H43N7O7/c1-63-44-23-30(19-20-43(44)58)46-47-36(35-15-7-10-18-39(35)54-47)24-42(55-46)50(62)57-41(22-32-26-52-38-17-9-6-14-34(32)38)49(61)56-40(21-31-25-51-37-16-8-5-13-33(31)37)48(60)53-27-45(59)64-28-29-11-3-2-4-12-29/h2-20,23-26,40-41,51-52,54,58H,21-22,27-28H2,1H3,(H,53,60)(H,56,61)(H,57,62)/t40-,41-/m0/s1. The van der Waals surface area contributed by atoms with Gasteiger partial charge in [-0.3, -0.25) is 19.2 Å². The van der Waals surface area contributed by atoms with E-state index in [-0.39, 0.29) is 36.6 Å². The van der Waals surface area contributed by atoms with E-state index in [0.717, 1.165) is 49.4 Å². The molecule has 4 aromatic heterocycles. The van der Waals surface area contributed by atoms with Crippen LogP contribution in [0.5, 0.6) is 11.5 Å². The Kier molecular flexibility index (Phi) is 11.5. The Balaban J connectivity index is 1.04. The van der Waals surface area contributed by atoms with Gasteiger partial charge in [0, 0.05) is 68.9 Å². The lowest BCUT2D eigenvalue weighted by Crippen LogP contribution is -2.55. The maximum absolute atomic E-state index is 14.7. The van der Waals surface area contributed by atoms with Gasteiger partial charge < -0.3 is 45.5 Å². The number of hydrogen-bond donors (Lipinski definition) is 7. The smallest absolute Gasteiger partial charge is 0.325 e. The van der Waals surface area contributed by atoms with E-state index in [1.165, 1.54) is 13.2 Å². The second-order valence-electron chi connectivity index (χ2n) is 15.4. The first kappa shape index (κ1) is 41.0. The van der Waals surface area contributed by atoms with Crippen molar-refractivity contribution < 1.29 is 33.8 Å². The molecule has 2 atom stereocenters. The fourth-order valence-corrected chi connectivity index (χ4v) is 8.03. The SMILES string of the molecule is COc1cc(-c2nc(C(=O)N[C@@H](Cc3c[nH]c4ccccc34)C(=O)N[C@@H](Cc3c[nH]c4ccccc34)C(=O)NCC(=O)OCc3ccccc3)cc3c2[nH]c2ccccc23)ccc1O. The van der Waals surface area contributed by atoms with Gasteiger partial charge in [-0.15, -0.1) is 0 Å². The van der Waals surface area contributed by atoms with Crippen molar-refractivity contribution >= 4 is 67.3 Å². The zero-order valence-corrected chi connectivity index (χ0v) is 34.6. The van der Waals surface area contributed by atoms with Crippen molar-refractivity contribution in [3.63, 3.8) is 0 Å². The van der Waals surface area contributed by atoms with Gasteiger partial charge in [-0.2, -0.15) is 0 Å². The number of aromatic nitrogens is 4. The minimum absolute atomic E-state index is 0.0260. The maximum atomic E-state index is 14.7. The van der Waals surface area contributed by atoms with Gasteiger partial charge in [-0.1, -0.05) is 84.9 Å². The number of benzene rings is 5. The van der Waals surface area contributed by atoms with Crippen LogP contribution in [0.15, 0.2) is 140 Å². The molecule has 0 radical (unpaired) electrons. The molecule has 0 bridgehead atoms. The molecule has 0 spiro atoms. The summed E-state index contributed by atoms with van der Waals surface area (Å²) < 4.78 is 10.8. The molecule has 9 aromatic rings. The third-order valence-corrected chi connectivity index (χ3v) is 11.3. The van der Waals surface area contributed by atoms with Crippen LogP contribution in [0, 0.1) is 0 Å².